The molecule has 0 radical (unpaired) electrons. The van der Waals surface area contributed by atoms with E-state index in [2.05, 4.69) is 15.2 Å². The topological polar surface area (TPSA) is 83.0 Å². The summed E-state index contributed by atoms with van der Waals surface area (Å²) in [5, 5.41) is 7.98. The van der Waals surface area contributed by atoms with Gasteiger partial charge >= 0.3 is 0 Å². The maximum atomic E-state index is 13.5. The first-order valence-electron chi connectivity index (χ1n) is 8.09. The summed E-state index contributed by atoms with van der Waals surface area (Å²) in [6.07, 6.45) is 1.33. The summed E-state index contributed by atoms with van der Waals surface area (Å²) in [7, 11) is 1.56. The third kappa shape index (κ3) is 3.25. The molecule has 0 spiro atoms. The van der Waals surface area contributed by atoms with E-state index >= 15 is 0 Å². The van der Waals surface area contributed by atoms with Crippen molar-refractivity contribution in [2.24, 2.45) is 0 Å². The van der Waals surface area contributed by atoms with Crippen LogP contribution < -0.4 is 10.2 Å². The van der Waals surface area contributed by atoms with Crippen molar-refractivity contribution in [3.8, 4) is 34.4 Å². The zero-order valence-electron chi connectivity index (χ0n) is 14.5. The van der Waals surface area contributed by atoms with Gasteiger partial charge < -0.3 is 9.26 Å². The third-order valence-corrected chi connectivity index (χ3v) is 3.95. The predicted molar refractivity (Wildman–Crippen MR) is 95.0 cm³/mol. The van der Waals surface area contributed by atoms with E-state index < -0.39 is 17.1 Å². The highest BCUT2D eigenvalue weighted by atomic mass is 19.2. The minimum absolute atomic E-state index is 0.0900. The van der Waals surface area contributed by atoms with Gasteiger partial charge in [-0.15, -0.1) is 0 Å². The minimum Gasteiger partial charge on any atom is -0.497 e. The molecule has 0 N–H and O–H groups in total. The maximum Gasteiger partial charge on any atom is 0.282 e. The van der Waals surface area contributed by atoms with Crippen molar-refractivity contribution < 1.29 is 18.0 Å². The number of benzene rings is 2. The van der Waals surface area contributed by atoms with Crippen LogP contribution in [0.5, 0.6) is 5.75 Å². The Balaban J connectivity index is 1.72. The smallest absolute Gasteiger partial charge is 0.282 e. The van der Waals surface area contributed by atoms with Gasteiger partial charge in [-0.25, -0.2) is 13.5 Å². The molecule has 2 heterocycles. The third-order valence-electron chi connectivity index (χ3n) is 3.95. The Bertz CT molecular complexity index is 1200. The second-order valence-corrected chi connectivity index (χ2v) is 5.72. The number of aromatic nitrogens is 4. The van der Waals surface area contributed by atoms with E-state index in [0.29, 0.717) is 11.3 Å². The molecule has 9 heteroatoms. The Labute approximate surface area is 156 Å². The number of halogens is 2. The van der Waals surface area contributed by atoms with Crippen LogP contribution in [-0.4, -0.2) is 27.0 Å². The summed E-state index contributed by atoms with van der Waals surface area (Å²) < 4.78 is 38.1. The molecule has 0 aliphatic heterocycles. The fraction of sp³-hybridized carbons (Fsp3) is 0.0526. The van der Waals surface area contributed by atoms with Crippen molar-refractivity contribution in [2.75, 3.05) is 7.11 Å². The lowest BCUT2D eigenvalue weighted by atomic mass is 10.2. The SMILES string of the molecule is COc1ccc(-c2noc(-c3nn(-c4ccc(F)c(F)c4)ccc3=O)n2)cc1. The second kappa shape index (κ2) is 7.03. The van der Waals surface area contributed by atoms with Gasteiger partial charge in [-0.3, -0.25) is 4.79 Å². The monoisotopic (exact) mass is 382 g/mol. The van der Waals surface area contributed by atoms with Crippen LogP contribution >= 0.6 is 0 Å². The molecular weight excluding hydrogens is 370 g/mol. The van der Waals surface area contributed by atoms with Crippen LogP contribution in [0.15, 0.2) is 64.0 Å². The highest BCUT2D eigenvalue weighted by molar-refractivity contribution is 5.58. The fourth-order valence-corrected chi connectivity index (χ4v) is 2.50. The van der Waals surface area contributed by atoms with Gasteiger partial charge in [0.2, 0.25) is 11.3 Å². The molecule has 7 nitrogen and oxygen atoms in total. The highest BCUT2D eigenvalue weighted by Gasteiger charge is 2.16. The molecule has 2 aromatic carbocycles. The largest absolute Gasteiger partial charge is 0.497 e. The summed E-state index contributed by atoms with van der Waals surface area (Å²) in [6, 6.07) is 11.4. The Hall–Kier alpha value is -3.88. The van der Waals surface area contributed by atoms with Gasteiger partial charge in [0.1, 0.15) is 5.75 Å². The van der Waals surface area contributed by atoms with E-state index in [-0.39, 0.29) is 23.1 Å². The van der Waals surface area contributed by atoms with Crippen molar-refractivity contribution in [3.63, 3.8) is 0 Å². The Morgan fingerprint density at radius 3 is 2.54 bits per heavy atom. The van der Waals surface area contributed by atoms with Gasteiger partial charge in [-0.1, -0.05) is 5.16 Å². The first-order valence-corrected chi connectivity index (χ1v) is 8.09. The molecule has 2 aromatic heterocycles. The van der Waals surface area contributed by atoms with E-state index in [0.717, 1.165) is 12.1 Å². The van der Waals surface area contributed by atoms with Crippen LogP contribution in [0, 0.1) is 11.6 Å². The van der Waals surface area contributed by atoms with Crippen LogP contribution in [0.1, 0.15) is 0 Å². The molecule has 0 atom stereocenters. The van der Waals surface area contributed by atoms with Crippen LogP contribution in [0.2, 0.25) is 0 Å². The second-order valence-electron chi connectivity index (χ2n) is 5.72. The molecular formula is C19H12F2N4O3. The molecule has 0 unspecified atom stereocenters. The van der Waals surface area contributed by atoms with Gasteiger partial charge in [-0.05, 0) is 36.4 Å². The predicted octanol–water partition coefficient (Wildman–Crippen LogP) is 3.24. The minimum atomic E-state index is -1.03. The zero-order chi connectivity index (χ0) is 19.7. The zero-order valence-corrected chi connectivity index (χ0v) is 14.5. The van der Waals surface area contributed by atoms with Gasteiger partial charge in [0.05, 0.1) is 12.8 Å². The molecule has 28 heavy (non-hydrogen) atoms. The van der Waals surface area contributed by atoms with Crippen molar-refractivity contribution >= 4 is 0 Å². The average molecular weight is 382 g/mol. The average Bonchev–Trinajstić information content (AvgIpc) is 3.20. The summed E-state index contributed by atoms with van der Waals surface area (Å²) in [6.45, 7) is 0. The lowest BCUT2D eigenvalue weighted by Crippen LogP contribution is -2.13. The number of hydrogen-bond donors (Lipinski definition) is 0. The molecule has 0 amide bonds. The van der Waals surface area contributed by atoms with Crippen molar-refractivity contribution in [1.82, 2.24) is 19.9 Å². The number of nitrogens with zero attached hydrogens (tertiary/aromatic N) is 4. The maximum absolute atomic E-state index is 13.5. The van der Waals surface area contributed by atoms with Gasteiger partial charge in [0.15, 0.2) is 17.3 Å². The summed E-state index contributed by atoms with van der Waals surface area (Å²) >= 11 is 0. The number of hydrogen-bond acceptors (Lipinski definition) is 6. The summed E-state index contributed by atoms with van der Waals surface area (Å²) in [5.41, 5.74) is 0.325. The lowest BCUT2D eigenvalue weighted by Gasteiger charge is -2.06. The molecule has 4 aromatic rings. The Kier molecular flexibility index (Phi) is 4.40. The van der Waals surface area contributed by atoms with Gasteiger partial charge in [-0.2, -0.15) is 10.1 Å². The summed E-state index contributed by atoms with van der Waals surface area (Å²) in [5.74, 6) is -1.16. The molecule has 4 rings (SSSR count). The Morgan fingerprint density at radius 2 is 1.82 bits per heavy atom. The van der Waals surface area contributed by atoms with Crippen LogP contribution in [-0.2, 0) is 0 Å². The van der Waals surface area contributed by atoms with Crippen LogP contribution in [0.4, 0.5) is 8.78 Å². The first kappa shape index (κ1) is 17.5. The van der Waals surface area contributed by atoms with Crippen LogP contribution in [0.25, 0.3) is 28.7 Å². The lowest BCUT2D eigenvalue weighted by molar-refractivity contribution is 0.414. The molecule has 0 bridgehead atoms. The van der Waals surface area contributed by atoms with E-state index in [1.807, 2.05) is 0 Å². The van der Waals surface area contributed by atoms with E-state index in [1.165, 1.54) is 23.0 Å². The highest BCUT2D eigenvalue weighted by Crippen LogP contribution is 2.22. The molecule has 0 saturated carbocycles. The standard InChI is InChI=1S/C19H12F2N4O3/c1-27-13-5-2-11(3-6-13)18-22-19(28-24-18)17-16(26)8-9-25(23-17)12-4-7-14(20)15(21)10-12/h2-10H,1H3. The van der Waals surface area contributed by atoms with E-state index in [4.69, 9.17) is 9.26 Å². The normalized spacial score (nSPS) is 10.8. The molecule has 140 valence electrons. The first-order chi connectivity index (χ1) is 13.5. The molecule has 0 aliphatic carbocycles. The van der Waals surface area contributed by atoms with Crippen molar-refractivity contribution in [1.29, 1.82) is 0 Å². The van der Waals surface area contributed by atoms with E-state index in [9.17, 15) is 13.6 Å². The number of rotatable bonds is 4. The molecule has 0 saturated heterocycles. The fourth-order valence-electron chi connectivity index (χ4n) is 2.50. The Morgan fingerprint density at radius 1 is 1.04 bits per heavy atom. The van der Waals surface area contributed by atoms with Gasteiger partial charge in [0.25, 0.3) is 5.89 Å². The van der Waals surface area contributed by atoms with Crippen LogP contribution in [0.3, 0.4) is 0 Å². The van der Waals surface area contributed by atoms with E-state index in [1.54, 1.807) is 31.4 Å². The van der Waals surface area contributed by atoms with Gasteiger partial charge in [0, 0.05) is 23.9 Å². The molecule has 0 aliphatic rings. The molecule has 0 fully saturated rings. The number of ether oxygens (including phenoxy) is 1. The van der Waals surface area contributed by atoms with Crippen molar-refractivity contribution in [3.05, 3.63) is 76.6 Å². The number of methoxy groups -OCH3 is 1. The quantitative estimate of drug-likeness (QED) is 0.539. The summed E-state index contributed by atoms with van der Waals surface area (Å²) in [4.78, 5) is 16.4. The van der Waals surface area contributed by atoms with Crippen molar-refractivity contribution in [2.45, 2.75) is 0 Å².